The quantitative estimate of drug-likeness (QED) is 0.621. The second-order valence-electron chi connectivity index (χ2n) is 4.79. The van der Waals surface area contributed by atoms with Crippen molar-refractivity contribution < 1.29 is 22.7 Å². The van der Waals surface area contributed by atoms with E-state index in [0.717, 1.165) is 0 Å². The minimum atomic E-state index is -4.18. The Morgan fingerprint density at radius 3 is 2.47 bits per heavy atom. The Morgan fingerprint density at radius 2 is 2.05 bits per heavy atom. The normalized spacial score (nSPS) is 27.9. The molecule has 1 aliphatic rings. The number of rotatable bonds is 5. The molecule has 6 heteroatoms. The molecule has 1 aliphatic carbocycles. The van der Waals surface area contributed by atoms with Crippen LogP contribution in [0.1, 0.15) is 32.6 Å². The van der Waals surface area contributed by atoms with Crippen LogP contribution in [0.25, 0.3) is 0 Å². The number of hydrogen-bond donors (Lipinski definition) is 1. The molecule has 0 aromatic carbocycles. The van der Waals surface area contributed by atoms with Crippen LogP contribution in [0.15, 0.2) is 12.7 Å². The van der Waals surface area contributed by atoms with Crippen molar-refractivity contribution in [2.24, 2.45) is 5.92 Å². The summed E-state index contributed by atoms with van der Waals surface area (Å²) >= 11 is 0. The Morgan fingerprint density at radius 1 is 1.47 bits per heavy atom. The van der Waals surface area contributed by atoms with Gasteiger partial charge in [-0.15, -0.1) is 6.58 Å². The summed E-state index contributed by atoms with van der Waals surface area (Å²) in [5, 5.41) is 2.98. The highest BCUT2D eigenvalue weighted by Crippen LogP contribution is 2.41. The number of nitrogens with one attached hydrogen (secondary N) is 1. The Balaban J connectivity index is 2.74. The highest BCUT2D eigenvalue weighted by molar-refractivity contribution is 5.81. The van der Waals surface area contributed by atoms with Gasteiger partial charge >= 0.3 is 12.1 Å². The van der Waals surface area contributed by atoms with E-state index in [1.54, 1.807) is 13.0 Å². The number of carbonyl (C=O) groups is 1. The van der Waals surface area contributed by atoms with Gasteiger partial charge < -0.3 is 4.74 Å². The second kappa shape index (κ2) is 6.41. The van der Waals surface area contributed by atoms with Gasteiger partial charge in [0, 0.05) is 6.54 Å². The van der Waals surface area contributed by atoms with E-state index in [4.69, 9.17) is 4.74 Å². The summed E-state index contributed by atoms with van der Waals surface area (Å²) in [6, 6.07) is 0. The lowest BCUT2D eigenvalue weighted by Gasteiger charge is -2.39. The molecule has 0 radical (unpaired) electrons. The molecule has 1 saturated carbocycles. The minimum absolute atomic E-state index is 0.0491. The van der Waals surface area contributed by atoms with Crippen molar-refractivity contribution >= 4 is 5.97 Å². The molecule has 0 aromatic rings. The molecule has 0 heterocycles. The van der Waals surface area contributed by atoms with E-state index >= 15 is 0 Å². The number of ether oxygens (including phenoxy) is 1. The van der Waals surface area contributed by atoms with Gasteiger partial charge in [0.1, 0.15) is 5.54 Å². The Labute approximate surface area is 111 Å². The minimum Gasteiger partial charge on any atom is -0.465 e. The van der Waals surface area contributed by atoms with Crippen LogP contribution in [0.3, 0.4) is 0 Å². The van der Waals surface area contributed by atoms with Crippen LogP contribution in [0.2, 0.25) is 0 Å². The molecule has 0 aliphatic heterocycles. The van der Waals surface area contributed by atoms with Crippen LogP contribution in [0.5, 0.6) is 0 Å². The van der Waals surface area contributed by atoms with Gasteiger partial charge in [0.2, 0.25) is 0 Å². The fourth-order valence-electron chi connectivity index (χ4n) is 2.43. The maximum absolute atomic E-state index is 12.6. The number of halogens is 3. The van der Waals surface area contributed by atoms with Gasteiger partial charge in [0.05, 0.1) is 12.5 Å². The molecule has 0 amide bonds. The van der Waals surface area contributed by atoms with Gasteiger partial charge in [-0.25, -0.2) is 0 Å². The van der Waals surface area contributed by atoms with E-state index in [-0.39, 0.29) is 32.3 Å². The summed E-state index contributed by atoms with van der Waals surface area (Å²) < 4.78 is 42.9. The van der Waals surface area contributed by atoms with Crippen molar-refractivity contribution in [3.8, 4) is 0 Å². The van der Waals surface area contributed by atoms with Crippen molar-refractivity contribution in [1.29, 1.82) is 0 Å². The predicted molar refractivity (Wildman–Crippen MR) is 65.6 cm³/mol. The van der Waals surface area contributed by atoms with Crippen LogP contribution in [0, 0.1) is 5.92 Å². The van der Waals surface area contributed by atoms with Gasteiger partial charge in [0.15, 0.2) is 0 Å². The first-order valence-corrected chi connectivity index (χ1v) is 6.45. The summed E-state index contributed by atoms with van der Waals surface area (Å²) in [6.07, 6.45) is -2.41. The third kappa shape index (κ3) is 3.96. The van der Waals surface area contributed by atoms with E-state index in [2.05, 4.69) is 11.9 Å². The second-order valence-corrected chi connectivity index (χ2v) is 4.79. The molecule has 0 bridgehead atoms. The summed E-state index contributed by atoms with van der Waals surface area (Å²) in [4.78, 5) is 12.0. The lowest BCUT2D eigenvalue weighted by Crippen LogP contribution is -2.56. The number of hydrogen-bond acceptors (Lipinski definition) is 3. The molecule has 3 nitrogen and oxygen atoms in total. The molecule has 1 rings (SSSR count). The van der Waals surface area contributed by atoms with Crippen LogP contribution >= 0.6 is 0 Å². The molecule has 0 unspecified atom stereocenters. The molecule has 110 valence electrons. The molecule has 0 aromatic heterocycles. The SMILES string of the molecule is C=CCNC1(C(=O)OCC)CCC(C(F)(F)F)CC1. The van der Waals surface area contributed by atoms with Gasteiger partial charge in [-0.05, 0) is 32.6 Å². The fourth-order valence-corrected chi connectivity index (χ4v) is 2.43. The monoisotopic (exact) mass is 279 g/mol. The van der Waals surface area contributed by atoms with Gasteiger partial charge in [0.25, 0.3) is 0 Å². The predicted octanol–water partition coefficient (Wildman–Crippen LogP) is 2.82. The topological polar surface area (TPSA) is 38.3 Å². The molecule has 1 fully saturated rings. The average Bonchev–Trinajstić information content (AvgIpc) is 2.36. The molecule has 0 saturated heterocycles. The first kappa shape index (κ1) is 16.0. The molecule has 0 atom stereocenters. The van der Waals surface area contributed by atoms with E-state index in [1.165, 1.54) is 0 Å². The van der Waals surface area contributed by atoms with Crippen molar-refractivity contribution in [2.75, 3.05) is 13.2 Å². The summed E-state index contributed by atoms with van der Waals surface area (Å²) in [6.45, 7) is 5.81. The fraction of sp³-hybridized carbons (Fsp3) is 0.769. The summed E-state index contributed by atoms with van der Waals surface area (Å²) in [5.74, 6) is -1.78. The van der Waals surface area contributed by atoms with Crippen molar-refractivity contribution in [2.45, 2.75) is 44.3 Å². The molecule has 1 N–H and O–H groups in total. The molecular weight excluding hydrogens is 259 g/mol. The van der Waals surface area contributed by atoms with E-state index in [9.17, 15) is 18.0 Å². The van der Waals surface area contributed by atoms with Crippen molar-refractivity contribution in [3.63, 3.8) is 0 Å². The van der Waals surface area contributed by atoms with Gasteiger partial charge in [-0.3, -0.25) is 10.1 Å². The standard InChI is InChI=1S/C13H20F3NO2/c1-3-9-17-12(11(18)19-4-2)7-5-10(6-8-12)13(14,15)16/h3,10,17H,1,4-9H2,2H3. The zero-order valence-corrected chi connectivity index (χ0v) is 11.1. The number of esters is 1. The highest BCUT2D eigenvalue weighted by Gasteiger charge is 2.49. The lowest BCUT2D eigenvalue weighted by molar-refractivity contribution is -0.189. The molecule has 19 heavy (non-hydrogen) atoms. The van der Waals surface area contributed by atoms with Crippen molar-refractivity contribution in [1.82, 2.24) is 5.32 Å². The van der Waals surface area contributed by atoms with Crippen LogP contribution in [-0.4, -0.2) is 30.8 Å². The van der Waals surface area contributed by atoms with E-state index in [0.29, 0.717) is 6.54 Å². The molecule has 0 spiro atoms. The number of alkyl halides is 3. The zero-order chi connectivity index (χ0) is 14.5. The maximum atomic E-state index is 12.6. The van der Waals surface area contributed by atoms with Crippen LogP contribution < -0.4 is 5.32 Å². The summed E-state index contributed by atoms with van der Waals surface area (Å²) in [7, 11) is 0. The van der Waals surface area contributed by atoms with Crippen LogP contribution in [-0.2, 0) is 9.53 Å². The third-order valence-corrected chi connectivity index (χ3v) is 3.55. The maximum Gasteiger partial charge on any atom is 0.391 e. The average molecular weight is 279 g/mol. The van der Waals surface area contributed by atoms with E-state index in [1.807, 2.05) is 0 Å². The Kier molecular flexibility index (Phi) is 5.40. The molecular formula is C13H20F3NO2. The van der Waals surface area contributed by atoms with Crippen molar-refractivity contribution in [3.05, 3.63) is 12.7 Å². The Hall–Kier alpha value is -1.04. The largest absolute Gasteiger partial charge is 0.465 e. The first-order valence-electron chi connectivity index (χ1n) is 6.45. The first-order chi connectivity index (χ1) is 8.85. The smallest absolute Gasteiger partial charge is 0.391 e. The van der Waals surface area contributed by atoms with Gasteiger partial charge in [-0.2, -0.15) is 13.2 Å². The number of carbonyl (C=O) groups excluding carboxylic acids is 1. The summed E-state index contributed by atoms with van der Waals surface area (Å²) in [5.41, 5.74) is -0.994. The van der Waals surface area contributed by atoms with Gasteiger partial charge in [-0.1, -0.05) is 6.08 Å². The lowest BCUT2D eigenvalue weighted by atomic mass is 9.76. The Bertz CT molecular complexity index is 320. The van der Waals surface area contributed by atoms with Crippen LogP contribution in [0.4, 0.5) is 13.2 Å². The highest BCUT2D eigenvalue weighted by atomic mass is 19.4. The van der Waals surface area contributed by atoms with E-state index < -0.39 is 23.6 Å². The zero-order valence-electron chi connectivity index (χ0n) is 11.1. The third-order valence-electron chi connectivity index (χ3n) is 3.55.